The fourth-order valence-electron chi connectivity index (χ4n) is 7.93. The second-order valence-electron chi connectivity index (χ2n) is 16.7. The number of urea groups is 2. The van der Waals surface area contributed by atoms with Crippen molar-refractivity contribution in [3.05, 3.63) is 108 Å². The highest BCUT2D eigenvalue weighted by molar-refractivity contribution is 8.00. The molecule has 364 valence electrons. The number of nitrogens with zero attached hydrogens (tertiary/aromatic N) is 3. The molecule has 0 saturated carbocycles. The van der Waals surface area contributed by atoms with Gasteiger partial charge in [-0.05, 0) is 87.8 Å². The average Bonchev–Trinajstić information content (AvgIpc) is 4.05. The van der Waals surface area contributed by atoms with Gasteiger partial charge in [0.1, 0.15) is 0 Å². The molecule has 2 aliphatic heterocycles. The molecule has 9 N–H and O–H groups in total. The first-order chi connectivity index (χ1) is 33.6. The fourth-order valence-corrected chi connectivity index (χ4v) is 9.66. The number of nitrogens with one attached hydrogen (secondary N) is 9. The van der Waals surface area contributed by atoms with E-state index in [1.54, 1.807) is 54.7 Å². The van der Waals surface area contributed by atoms with Crippen molar-refractivity contribution in [1.82, 2.24) is 46.4 Å². The number of amides is 7. The van der Waals surface area contributed by atoms with E-state index in [1.807, 2.05) is 60.2 Å². The number of hydrogen-bond acceptors (Lipinski definition) is 11. The Labute approximate surface area is 410 Å². The van der Waals surface area contributed by atoms with E-state index >= 15 is 0 Å². The smallest absolute Gasteiger partial charge is 0.315 e. The molecule has 0 spiro atoms. The number of likely N-dealkylation sites (N-methyl/N-ethyl adjacent to an activating group) is 1. The molecule has 3 aromatic carbocycles. The molecule has 2 aromatic heterocycles. The van der Waals surface area contributed by atoms with Gasteiger partial charge < -0.3 is 57.2 Å². The number of aromatic nitrogens is 3. The van der Waals surface area contributed by atoms with Crippen molar-refractivity contribution in [2.24, 2.45) is 0 Å². The first-order valence-corrected chi connectivity index (χ1v) is 24.6. The van der Waals surface area contributed by atoms with E-state index in [0.717, 1.165) is 47.9 Å². The minimum absolute atomic E-state index is 0.0377. The number of aromatic amines is 1. The zero-order chi connectivity index (χ0) is 48.4. The number of thioether (sulfide) groups is 1. The van der Waals surface area contributed by atoms with E-state index in [2.05, 4.69) is 57.5 Å². The lowest BCUT2D eigenvalue weighted by Crippen LogP contribution is -2.38. The number of carbonyl (C=O) groups excluding carboxylic acids is 5. The molecule has 2 fully saturated rings. The number of benzene rings is 3. The number of H-pyrrole nitrogens is 1. The van der Waals surface area contributed by atoms with E-state index < -0.39 is 0 Å². The van der Waals surface area contributed by atoms with Crippen LogP contribution < -0.4 is 42.5 Å². The largest absolute Gasteiger partial charge is 0.380 e. The number of rotatable bonds is 25. The summed E-state index contributed by atoms with van der Waals surface area (Å²) in [4.78, 5) is 75.9. The minimum Gasteiger partial charge on any atom is -0.380 e. The van der Waals surface area contributed by atoms with Crippen molar-refractivity contribution in [2.75, 3.05) is 74.7 Å². The van der Waals surface area contributed by atoms with Crippen LogP contribution in [-0.4, -0.2) is 126 Å². The Balaban J connectivity index is 0.694. The maximum Gasteiger partial charge on any atom is 0.315 e. The predicted molar refractivity (Wildman–Crippen MR) is 272 cm³/mol. The van der Waals surface area contributed by atoms with Crippen LogP contribution in [0.25, 0.3) is 22.2 Å². The molecule has 69 heavy (non-hydrogen) atoms. The second-order valence-corrected chi connectivity index (χ2v) is 18.4. The first-order valence-electron chi connectivity index (χ1n) is 23.2. The van der Waals surface area contributed by atoms with Crippen LogP contribution in [0.15, 0.2) is 97.3 Å². The van der Waals surface area contributed by atoms with Crippen molar-refractivity contribution in [1.29, 1.82) is 0 Å². The summed E-state index contributed by atoms with van der Waals surface area (Å²) in [6.07, 6.45) is 11.3. The number of unbranched alkanes of at least 4 members (excludes halogenated alkanes) is 1. The van der Waals surface area contributed by atoms with Crippen LogP contribution in [0.2, 0.25) is 5.02 Å². The Morgan fingerprint density at radius 1 is 0.884 bits per heavy atom. The Kier molecular flexibility index (Phi) is 18.6. The van der Waals surface area contributed by atoms with Crippen molar-refractivity contribution in [3.63, 3.8) is 0 Å². The number of anilines is 4. The molecule has 0 bridgehead atoms. The van der Waals surface area contributed by atoms with Gasteiger partial charge >= 0.3 is 12.1 Å². The standard InChI is InChI=1S/C49H59ClN12O6S/c1-62(25-8-21-52-48(66)53-23-27-68-26-9-22-51-42(63)15-5-4-14-41-45-40(31-69-41)59-49(67)61-45)24-7-16-43(64)56-33-19-17-32(18-20-33)46(65)57-34-10-6-11-35(28-34)58-47-55-30-38(50)44(60-47)37-29-54-39-13-3-2-12-36(37)39/h2-3,6-7,10-13,16-20,28-30,40-41,45,54H,4-5,8-9,14-15,21-27,31H2,1H3,(H,51,63)(H,56,64)(H,57,65)(H2,52,53,66)(H,55,58,60)(H2,59,61,67)/b16-7+. The molecule has 3 atom stereocenters. The molecule has 0 aliphatic carbocycles. The number of carbonyl (C=O) groups is 5. The van der Waals surface area contributed by atoms with Gasteiger partial charge in [-0.25, -0.2) is 19.6 Å². The summed E-state index contributed by atoms with van der Waals surface area (Å²) in [6, 6.07) is 21.8. The zero-order valence-electron chi connectivity index (χ0n) is 38.4. The molecular weight excluding hydrogens is 920 g/mol. The van der Waals surface area contributed by atoms with Gasteiger partial charge in [0.15, 0.2) is 0 Å². The summed E-state index contributed by atoms with van der Waals surface area (Å²) < 4.78 is 5.58. The summed E-state index contributed by atoms with van der Waals surface area (Å²) in [7, 11) is 1.93. The van der Waals surface area contributed by atoms with Crippen LogP contribution in [0.3, 0.4) is 0 Å². The topological polar surface area (TPSA) is 236 Å². The summed E-state index contributed by atoms with van der Waals surface area (Å²) in [5.41, 5.74) is 4.61. The van der Waals surface area contributed by atoms with Crippen molar-refractivity contribution >= 4 is 87.1 Å². The number of fused-ring (bicyclic) bond motifs is 2. The quantitative estimate of drug-likeness (QED) is 0.0171. The molecule has 2 aliphatic rings. The highest BCUT2D eigenvalue weighted by atomic mass is 35.5. The highest BCUT2D eigenvalue weighted by Gasteiger charge is 2.42. The van der Waals surface area contributed by atoms with Crippen LogP contribution in [-0.2, 0) is 14.3 Å². The lowest BCUT2D eigenvalue weighted by molar-refractivity contribution is -0.121. The first kappa shape index (κ1) is 50.2. The molecule has 7 amide bonds. The molecule has 3 unspecified atom stereocenters. The monoisotopic (exact) mass is 978 g/mol. The Morgan fingerprint density at radius 3 is 2.57 bits per heavy atom. The second kappa shape index (κ2) is 25.6. The third-order valence-corrected chi connectivity index (χ3v) is 13.3. The number of para-hydroxylation sites is 1. The molecule has 5 aromatic rings. The third kappa shape index (κ3) is 15.4. The Hall–Kier alpha value is -6.67. The Bertz CT molecular complexity index is 2580. The highest BCUT2D eigenvalue weighted by Crippen LogP contribution is 2.34. The van der Waals surface area contributed by atoms with Crippen molar-refractivity contribution in [2.45, 2.75) is 55.9 Å². The normalized spacial score (nSPS) is 16.2. The summed E-state index contributed by atoms with van der Waals surface area (Å²) in [5, 5.41) is 25.3. The summed E-state index contributed by atoms with van der Waals surface area (Å²) in [6.45, 7) is 3.51. The van der Waals surface area contributed by atoms with Gasteiger partial charge in [0.25, 0.3) is 5.91 Å². The minimum atomic E-state index is -0.318. The average molecular weight is 980 g/mol. The van der Waals surface area contributed by atoms with E-state index in [0.29, 0.717) is 103 Å². The van der Waals surface area contributed by atoms with Crippen molar-refractivity contribution in [3.8, 4) is 11.3 Å². The van der Waals surface area contributed by atoms with E-state index in [9.17, 15) is 24.0 Å². The zero-order valence-corrected chi connectivity index (χ0v) is 40.0. The SMILES string of the molecule is CN(C/C=C/C(=O)Nc1ccc(C(=O)Nc2cccc(Nc3ncc(Cl)c(-c4c[nH]c5ccccc45)n3)c2)cc1)CCCNC(=O)NCCOCCCNC(=O)CCCCC1SCC2NC(=O)NC21. The van der Waals surface area contributed by atoms with E-state index in [-0.39, 0.29) is 41.9 Å². The molecule has 0 radical (unpaired) electrons. The maximum atomic E-state index is 13.1. The van der Waals surface area contributed by atoms with E-state index in [4.69, 9.17) is 16.3 Å². The predicted octanol–water partition coefficient (Wildman–Crippen LogP) is 6.64. The van der Waals surface area contributed by atoms with Crippen LogP contribution in [0, 0.1) is 0 Å². The number of halogens is 1. The van der Waals surface area contributed by atoms with Gasteiger partial charge in [-0.2, -0.15) is 11.8 Å². The lowest BCUT2D eigenvalue weighted by Gasteiger charge is -2.16. The Morgan fingerprint density at radius 2 is 1.70 bits per heavy atom. The number of ether oxygens (including phenoxy) is 1. The van der Waals surface area contributed by atoms with Gasteiger partial charge in [0.2, 0.25) is 17.8 Å². The number of hydrogen-bond donors (Lipinski definition) is 9. The van der Waals surface area contributed by atoms with Crippen molar-refractivity contribution < 1.29 is 28.7 Å². The van der Waals surface area contributed by atoms with Crippen LogP contribution in [0.1, 0.15) is 48.9 Å². The fraction of sp³-hybridized carbons (Fsp3) is 0.367. The van der Waals surface area contributed by atoms with Gasteiger partial charge in [0.05, 0.1) is 35.6 Å². The molecule has 7 rings (SSSR count). The molecule has 18 nitrogen and oxygen atoms in total. The van der Waals surface area contributed by atoms with Gasteiger partial charge in [-0.3, -0.25) is 14.4 Å². The van der Waals surface area contributed by atoms with Gasteiger partial charge in [-0.15, -0.1) is 0 Å². The lowest BCUT2D eigenvalue weighted by atomic mass is 10.0. The van der Waals surface area contributed by atoms with E-state index in [1.165, 1.54) is 6.08 Å². The summed E-state index contributed by atoms with van der Waals surface area (Å²) >= 11 is 8.39. The van der Waals surface area contributed by atoms with Crippen LogP contribution >= 0.6 is 23.4 Å². The maximum absolute atomic E-state index is 13.1. The van der Waals surface area contributed by atoms with Gasteiger partial charge in [0, 0.05) is 102 Å². The third-order valence-electron chi connectivity index (χ3n) is 11.5. The van der Waals surface area contributed by atoms with Crippen LogP contribution in [0.5, 0.6) is 0 Å². The molecule has 2 saturated heterocycles. The molecule has 20 heteroatoms. The van der Waals surface area contributed by atoms with Gasteiger partial charge in [-0.1, -0.05) is 48.4 Å². The molecule has 4 heterocycles. The molecular formula is C49H59ClN12O6S. The summed E-state index contributed by atoms with van der Waals surface area (Å²) in [5.74, 6) is 0.709. The van der Waals surface area contributed by atoms with Crippen LogP contribution in [0.4, 0.5) is 32.6 Å².